The number of nitrogens with two attached hydrogens (primary N) is 1. The van der Waals surface area contributed by atoms with Crippen LogP contribution in [0.5, 0.6) is 0 Å². The van der Waals surface area contributed by atoms with Gasteiger partial charge in [-0.3, -0.25) is 0 Å². The minimum atomic E-state index is -2.81. The van der Waals surface area contributed by atoms with Crippen LogP contribution in [-0.2, 0) is 9.84 Å². The molecule has 0 aromatic heterocycles. The van der Waals surface area contributed by atoms with Gasteiger partial charge >= 0.3 is 0 Å². The predicted octanol–water partition coefficient (Wildman–Crippen LogP) is 1.58. The van der Waals surface area contributed by atoms with Gasteiger partial charge in [0.25, 0.3) is 0 Å². The molecule has 1 aliphatic rings. The van der Waals surface area contributed by atoms with E-state index in [1.165, 1.54) is 31.9 Å². The second-order valence-electron chi connectivity index (χ2n) is 4.81. The summed E-state index contributed by atoms with van der Waals surface area (Å²) >= 11 is 0. The summed E-state index contributed by atoms with van der Waals surface area (Å²) in [6, 6.07) is 0. The molecule has 0 saturated heterocycles. The molecule has 2 N–H and O–H groups in total. The summed E-state index contributed by atoms with van der Waals surface area (Å²) in [6.07, 6.45) is 8.26. The van der Waals surface area contributed by atoms with Crippen molar-refractivity contribution in [3.8, 4) is 0 Å². The number of sulfone groups is 1. The molecule has 15 heavy (non-hydrogen) atoms. The second-order valence-corrected chi connectivity index (χ2v) is 7.07. The predicted molar refractivity (Wildman–Crippen MR) is 63.4 cm³/mol. The van der Waals surface area contributed by atoms with Gasteiger partial charge in [-0.25, -0.2) is 8.42 Å². The summed E-state index contributed by atoms with van der Waals surface area (Å²) in [5.74, 6) is 1.41. The lowest BCUT2D eigenvalue weighted by Crippen LogP contribution is -2.24. The lowest BCUT2D eigenvalue weighted by Gasteiger charge is -2.23. The Labute approximate surface area is 93.3 Å². The Balaban J connectivity index is 2.48. The van der Waals surface area contributed by atoms with Crippen LogP contribution in [0.3, 0.4) is 0 Å². The van der Waals surface area contributed by atoms with Crippen molar-refractivity contribution >= 4 is 9.84 Å². The molecule has 4 heteroatoms. The Kier molecular flexibility index (Phi) is 5.06. The minimum absolute atomic E-state index is 0.328. The van der Waals surface area contributed by atoms with Gasteiger partial charge in [0.2, 0.25) is 0 Å². The third-order valence-corrected chi connectivity index (χ3v) is 4.46. The molecule has 0 spiro atoms. The molecule has 0 amide bonds. The topological polar surface area (TPSA) is 60.2 Å². The van der Waals surface area contributed by atoms with Crippen molar-refractivity contribution in [2.75, 3.05) is 18.6 Å². The highest BCUT2D eigenvalue weighted by atomic mass is 32.2. The van der Waals surface area contributed by atoms with Crippen LogP contribution in [0, 0.1) is 11.8 Å². The highest BCUT2D eigenvalue weighted by molar-refractivity contribution is 7.90. The Hall–Kier alpha value is -0.0900. The molecule has 1 rings (SSSR count). The van der Waals surface area contributed by atoms with Crippen molar-refractivity contribution < 1.29 is 8.42 Å². The SMILES string of the molecule is CS(=O)(=O)CCC1CCCCCC1CN. The number of hydrogen-bond acceptors (Lipinski definition) is 3. The average molecular weight is 233 g/mol. The van der Waals surface area contributed by atoms with Gasteiger partial charge in [-0.2, -0.15) is 0 Å². The van der Waals surface area contributed by atoms with E-state index in [1.807, 2.05) is 0 Å². The van der Waals surface area contributed by atoms with Gasteiger partial charge in [0.1, 0.15) is 9.84 Å². The maximum Gasteiger partial charge on any atom is 0.147 e. The van der Waals surface area contributed by atoms with E-state index in [0.717, 1.165) is 12.8 Å². The first kappa shape index (κ1) is 13.0. The lowest BCUT2D eigenvalue weighted by molar-refractivity contribution is 0.312. The Bertz CT molecular complexity index is 274. The number of rotatable bonds is 4. The quantitative estimate of drug-likeness (QED) is 0.750. The van der Waals surface area contributed by atoms with Crippen LogP contribution in [0.2, 0.25) is 0 Å². The first-order valence-corrected chi connectivity index (χ1v) is 7.97. The smallest absolute Gasteiger partial charge is 0.147 e. The molecule has 1 aliphatic carbocycles. The zero-order valence-corrected chi connectivity index (χ0v) is 10.4. The second kappa shape index (κ2) is 5.85. The first-order valence-electron chi connectivity index (χ1n) is 5.90. The maximum absolute atomic E-state index is 11.1. The van der Waals surface area contributed by atoms with Crippen molar-refractivity contribution in [1.82, 2.24) is 0 Å². The van der Waals surface area contributed by atoms with Crippen molar-refractivity contribution in [3.63, 3.8) is 0 Å². The van der Waals surface area contributed by atoms with Gasteiger partial charge in [-0.05, 0) is 31.2 Å². The molecule has 1 fully saturated rings. The normalized spacial score (nSPS) is 28.7. The van der Waals surface area contributed by atoms with Crippen LogP contribution >= 0.6 is 0 Å². The third-order valence-electron chi connectivity index (χ3n) is 3.48. The zero-order chi connectivity index (χ0) is 11.3. The van der Waals surface area contributed by atoms with Crippen molar-refractivity contribution in [3.05, 3.63) is 0 Å². The van der Waals surface area contributed by atoms with Crippen LogP contribution in [0.4, 0.5) is 0 Å². The van der Waals surface area contributed by atoms with Crippen LogP contribution in [0.25, 0.3) is 0 Å². The van der Waals surface area contributed by atoms with Crippen LogP contribution in [-0.4, -0.2) is 27.0 Å². The van der Waals surface area contributed by atoms with Crippen LogP contribution in [0.15, 0.2) is 0 Å². The Morgan fingerprint density at radius 1 is 1.13 bits per heavy atom. The summed E-state index contributed by atoms with van der Waals surface area (Å²) in [5, 5.41) is 0. The van der Waals surface area contributed by atoms with E-state index in [4.69, 9.17) is 5.73 Å². The van der Waals surface area contributed by atoms with E-state index in [1.54, 1.807) is 0 Å². The minimum Gasteiger partial charge on any atom is -0.330 e. The zero-order valence-electron chi connectivity index (χ0n) is 9.61. The Morgan fingerprint density at radius 3 is 2.27 bits per heavy atom. The molecule has 2 atom stereocenters. The molecule has 0 aromatic carbocycles. The molecular formula is C11H23NO2S. The monoisotopic (exact) mass is 233 g/mol. The highest BCUT2D eigenvalue weighted by Gasteiger charge is 2.23. The highest BCUT2D eigenvalue weighted by Crippen LogP contribution is 2.30. The van der Waals surface area contributed by atoms with Gasteiger partial charge in [0.15, 0.2) is 0 Å². The molecule has 0 aromatic rings. The van der Waals surface area contributed by atoms with E-state index in [2.05, 4.69) is 0 Å². The molecular weight excluding hydrogens is 210 g/mol. The van der Waals surface area contributed by atoms with E-state index in [0.29, 0.717) is 24.1 Å². The molecule has 0 bridgehead atoms. The average Bonchev–Trinajstić information content (AvgIpc) is 2.37. The standard InChI is InChI=1S/C11H23NO2S/c1-15(13,14)8-7-10-5-3-2-4-6-11(10)9-12/h10-11H,2-9,12H2,1H3. The Morgan fingerprint density at radius 2 is 1.73 bits per heavy atom. The fourth-order valence-corrected chi connectivity index (χ4v) is 3.25. The van der Waals surface area contributed by atoms with Gasteiger partial charge in [0, 0.05) is 6.26 Å². The van der Waals surface area contributed by atoms with E-state index < -0.39 is 9.84 Å². The number of hydrogen-bond donors (Lipinski definition) is 1. The van der Waals surface area contributed by atoms with Crippen LogP contribution in [0.1, 0.15) is 38.5 Å². The van der Waals surface area contributed by atoms with E-state index >= 15 is 0 Å². The molecule has 3 nitrogen and oxygen atoms in total. The van der Waals surface area contributed by atoms with Crippen molar-refractivity contribution in [2.45, 2.75) is 38.5 Å². The van der Waals surface area contributed by atoms with Gasteiger partial charge in [0.05, 0.1) is 5.75 Å². The summed E-state index contributed by atoms with van der Waals surface area (Å²) in [6.45, 7) is 0.717. The van der Waals surface area contributed by atoms with E-state index in [9.17, 15) is 8.42 Å². The fourth-order valence-electron chi connectivity index (χ4n) is 2.52. The molecule has 2 unspecified atom stereocenters. The van der Waals surface area contributed by atoms with Crippen LogP contribution < -0.4 is 5.73 Å². The lowest BCUT2D eigenvalue weighted by atomic mass is 9.86. The summed E-state index contributed by atoms with van der Waals surface area (Å²) < 4.78 is 22.2. The molecule has 1 saturated carbocycles. The third kappa shape index (κ3) is 4.98. The fraction of sp³-hybridized carbons (Fsp3) is 1.00. The van der Waals surface area contributed by atoms with E-state index in [-0.39, 0.29) is 0 Å². The van der Waals surface area contributed by atoms with Crippen molar-refractivity contribution in [2.24, 2.45) is 17.6 Å². The summed E-state index contributed by atoms with van der Waals surface area (Å²) in [7, 11) is -2.81. The van der Waals surface area contributed by atoms with Gasteiger partial charge in [-0.1, -0.05) is 25.7 Å². The van der Waals surface area contributed by atoms with Gasteiger partial charge < -0.3 is 5.73 Å². The summed E-state index contributed by atoms with van der Waals surface area (Å²) in [5.41, 5.74) is 5.75. The largest absolute Gasteiger partial charge is 0.330 e. The van der Waals surface area contributed by atoms with Gasteiger partial charge in [-0.15, -0.1) is 0 Å². The first-order chi connectivity index (χ1) is 7.03. The molecule has 0 heterocycles. The summed E-state index contributed by atoms with van der Waals surface area (Å²) in [4.78, 5) is 0. The molecule has 90 valence electrons. The maximum atomic E-state index is 11.1. The molecule has 0 aliphatic heterocycles. The molecule has 0 radical (unpaired) electrons. The van der Waals surface area contributed by atoms with Crippen molar-refractivity contribution in [1.29, 1.82) is 0 Å².